The summed E-state index contributed by atoms with van der Waals surface area (Å²) in [7, 11) is -9.92. The molecule has 0 aliphatic carbocycles. The molecule has 0 fully saturated rings. The standard InChI is InChI=1S/C72H136O17P2/c1-8-11-12-13-14-15-16-17-18-21-25-28-31-41-48-55-71(76)88-67(59-82-69(74)53-46-39-30-27-24-22-19-20-23-26-29-36-43-50-63(4)5)61-86-90(78,79)84-57-66(73)58-85-91(80,81)87-62-68(89-72(77)56-49-42-35-33-38-45-52-65(7)10-3)60-83-70(75)54-47-40-34-32-37-44-51-64(6)9-2/h15-18,63-68,73H,8-14,19-62H2,1-7H3,(H,78,79)(H,80,81)/b16-15-,18-17-/t64?,65?,66-,67-,68-/m1/s1. The molecule has 7 atom stereocenters. The number of hydrogen-bond donors (Lipinski definition) is 3. The molecule has 0 rings (SSSR count). The van der Waals surface area contributed by atoms with Crippen LogP contribution in [0.15, 0.2) is 24.3 Å². The summed E-state index contributed by atoms with van der Waals surface area (Å²) in [5, 5.41) is 10.6. The van der Waals surface area contributed by atoms with Crippen LogP contribution >= 0.6 is 15.6 Å². The van der Waals surface area contributed by atoms with E-state index in [1.807, 2.05) is 0 Å². The summed E-state index contributed by atoms with van der Waals surface area (Å²) in [4.78, 5) is 72.6. The Bertz CT molecular complexity index is 1880. The molecular formula is C72H136O17P2. The lowest BCUT2D eigenvalue weighted by Crippen LogP contribution is -2.30. The topological polar surface area (TPSA) is 237 Å². The number of carbonyl (C=O) groups excluding carboxylic acids is 4. The van der Waals surface area contributed by atoms with Crippen molar-refractivity contribution in [2.75, 3.05) is 39.6 Å². The summed E-state index contributed by atoms with van der Waals surface area (Å²) in [6, 6.07) is 0. The maximum absolute atomic E-state index is 13.0. The van der Waals surface area contributed by atoms with Gasteiger partial charge in [0.05, 0.1) is 26.4 Å². The normalized spacial score (nSPS) is 14.9. The van der Waals surface area contributed by atoms with Gasteiger partial charge in [0.25, 0.3) is 0 Å². The quantitative estimate of drug-likeness (QED) is 0.0169. The van der Waals surface area contributed by atoms with Crippen LogP contribution in [0.25, 0.3) is 0 Å². The van der Waals surface area contributed by atoms with Crippen molar-refractivity contribution in [1.29, 1.82) is 0 Å². The molecule has 0 bridgehead atoms. The summed E-state index contributed by atoms with van der Waals surface area (Å²) in [5.74, 6) is 0.0781. The third-order valence-electron chi connectivity index (χ3n) is 16.7. The first kappa shape index (κ1) is 88.5. The summed E-state index contributed by atoms with van der Waals surface area (Å²) in [6.07, 6.45) is 49.5. The van der Waals surface area contributed by atoms with Crippen molar-refractivity contribution < 1.29 is 80.2 Å². The Morgan fingerprint density at radius 3 is 0.978 bits per heavy atom. The molecule has 0 aromatic carbocycles. The van der Waals surface area contributed by atoms with Gasteiger partial charge in [0.15, 0.2) is 12.2 Å². The summed E-state index contributed by atoms with van der Waals surface area (Å²) >= 11 is 0. The average molecular weight is 1340 g/mol. The fourth-order valence-corrected chi connectivity index (χ4v) is 11.9. The SMILES string of the molecule is CCCCCC/C=C\C=C/CCCCCCCC(=O)O[C@H](COC(=O)CCCCCCCCCCCCCCCC(C)C)COP(=O)(O)OC[C@@H](O)COP(=O)(O)OC[C@@H](COC(=O)CCCCCCCCC(C)CC)OC(=O)CCCCCCCCC(C)CC. The van der Waals surface area contributed by atoms with E-state index in [1.165, 1.54) is 128 Å². The van der Waals surface area contributed by atoms with Gasteiger partial charge < -0.3 is 33.8 Å². The number of aliphatic hydroxyl groups is 1. The van der Waals surface area contributed by atoms with E-state index in [9.17, 15) is 43.2 Å². The maximum Gasteiger partial charge on any atom is 0.472 e. The molecule has 0 aromatic heterocycles. The predicted molar refractivity (Wildman–Crippen MR) is 367 cm³/mol. The minimum Gasteiger partial charge on any atom is -0.462 e. The number of phosphoric ester groups is 2. The third kappa shape index (κ3) is 63.4. The third-order valence-corrected chi connectivity index (χ3v) is 18.6. The number of allylic oxidation sites excluding steroid dienone is 4. The molecular weight excluding hydrogens is 1200 g/mol. The molecule has 17 nitrogen and oxygen atoms in total. The number of rotatable bonds is 68. The lowest BCUT2D eigenvalue weighted by Gasteiger charge is -2.21. The van der Waals surface area contributed by atoms with Crippen molar-refractivity contribution in [2.45, 2.75) is 356 Å². The molecule has 0 aliphatic heterocycles. The van der Waals surface area contributed by atoms with Gasteiger partial charge in [0.2, 0.25) is 0 Å². The van der Waals surface area contributed by atoms with Crippen LogP contribution in [0.2, 0.25) is 0 Å². The van der Waals surface area contributed by atoms with E-state index >= 15 is 0 Å². The van der Waals surface area contributed by atoms with Crippen molar-refractivity contribution in [3.8, 4) is 0 Å². The molecule has 0 saturated heterocycles. The van der Waals surface area contributed by atoms with Crippen LogP contribution in [0.3, 0.4) is 0 Å². The van der Waals surface area contributed by atoms with E-state index < -0.39 is 97.5 Å². The van der Waals surface area contributed by atoms with E-state index in [1.54, 1.807) is 0 Å². The molecule has 4 unspecified atom stereocenters. The number of carbonyl (C=O) groups is 4. The Morgan fingerprint density at radius 2 is 0.648 bits per heavy atom. The largest absolute Gasteiger partial charge is 0.472 e. The van der Waals surface area contributed by atoms with Crippen LogP contribution in [0.5, 0.6) is 0 Å². The molecule has 0 heterocycles. The fraction of sp³-hybridized carbons (Fsp3) is 0.889. The number of ether oxygens (including phenoxy) is 4. The predicted octanol–water partition coefficient (Wildman–Crippen LogP) is 20.2. The van der Waals surface area contributed by atoms with Crippen molar-refractivity contribution in [1.82, 2.24) is 0 Å². The number of hydrogen-bond acceptors (Lipinski definition) is 15. The van der Waals surface area contributed by atoms with Gasteiger partial charge >= 0.3 is 39.5 Å². The zero-order valence-corrected chi connectivity index (χ0v) is 60.6. The molecule has 0 aliphatic rings. The number of phosphoric acid groups is 2. The van der Waals surface area contributed by atoms with Crippen LogP contribution in [0.1, 0.15) is 337 Å². The second kappa shape index (κ2) is 62.4. The highest BCUT2D eigenvalue weighted by Gasteiger charge is 2.30. The van der Waals surface area contributed by atoms with Crippen molar-refractivity contribution in [3.05, 3.63) is 24.3 Å². The highest BCUT2D eigenvalue weighted by Crippen LogP contribution is 2.45. The zero-order chi connectivity index (χ0) is 67.3. The first-order valence-electron chi connectivity index (χ1n) is 36.7. The monoisotopic (exact) mass is 1330 g/mol. The highest BCUT2D eigenvalue weighted by molar-refractivity contribution is 7.47. The van der Waals surface area contributed by atoms with Crippen LogP contribution in [-0.2, 0) is 65.4 Å². The second-order valence-electron chi connectivity index (χ2n) is 26.3. The van der Waals surface area contributed by atoms with Crippen molar-refractivity contribution >= 4 is 39.5 Å². The first-order chi connectivity index (χ1) is 43.8. The van der Waals surface area contributed by atoms with Gasteiger partial charge in [-0.15, -0.1) is 0 Å². The van der Waals surface area contributed by atoms with Gasteiger partial charge in [-0.1, -0.05) is 285 Å². The Balaban J connectivity index is 5.28. The smallest absolute Gasteiger partial charge is 0.462 e. The van der Waals surface area contributed by atoms with Gasteiger partial charge in [-0.2, -0.15) is 0 Å². The highest BCUT2D eigenvalue weighted by atomic mass is 31.2. The van der Waals surface area contributed by atoms with Gasteiger partial charge in [-0.25, -0.2) is 9.13 Å². The number of unbranched alkanes of at least 4 members (excludes halogenated alkanes) is 31. The van der Waals surface area contributed by atoms with Gasteiger partial charge in [0.1, 0.15) is 19.3 Å². The lowest BCUT2D eigenvalue weighted by molar-refractivity contribution is -0.161. The minimum absolute atomic E-state index is 0.0845. The number of esters is 4. The molecule has 0 aromatic rings. The minimum atomic E-state index is -4.96. The van der Waals surface area contributed by atoms with Crippen LogP contribution in [0, 0.1) is 17.8 Å². The Morgan fingerprint density at radius 1 is 0.363 bits per heavy atom. The molecule has 0 spiro atoms. The van der Waals surface area contributed by atoms with Crippen LogP contribution in [-0.4, -0.2) is 96.7 Å². The zero-order valence-electron chi connectivity index (χ0n) is 58.8. The molecule has 0 amide bonds. The maximum atomic E-state index is 13.0. The van der Waals surface area contributed by atoms with E-state index in [0.29, 0.717) is 25.7 Å². The average Bonchev–Trinajstić information content (AvgIpc) is 2.99. The van der Waals surface area contributed by atoms with E-state index in [0.717, 1.165) is 127 Å². The molecule has 3 N–H and O–H groups in total. The first-order valence-corrected chi connectivity index (χ1v) is 39.7. The molecule has 19 heteroatoms. The van der Waals surface area contributed by atoms with Crippen molar-refractivity contribution in [2.24, 2.45) is 17.8 Å². The summed E-state index contributed by atoms with van der Waals surface area (Å²) in [5.41, 5.74) is 0. The van der Waals surface area contributed by atoms with Gasteiger partial charge in [-0.05, 0) is 69.1 Å². The Kier molecular flexibility index (Phi) is 60.7. The number of aliphatic hydroxyl groups excluding tert-OH is 1. The lowest BCUT2D eigenvalue weighted by atomic mass is 10.00. The summed E-state index contributed by atoms with van der Waals surface area (Å²) in [6.45, 7) is 11.7. The van der Waals surface area contributed by atoms with Gasteiger partial charge in [0, 0.05) is 25.7 Å². The van der Waals surface area contributed by atoms with E-state index in [4.69, 9.17) is 37.0 Å². The molecule has 0 radical (unpaired) electrons. The second-order valence-corrected chi connectivity index (χ2v) is 29.2. The summed E-state index contributed by atoms with van der Waals surface area (Å²) < 4.78 is 68.3. The molecule has 91 heavy (non-hydrogen) atoms. The van der Waals surface area contributed by atoms with Gasteiger partial charge in [-0.3, -0.25) is 37.3 Å². The Hall–Kier alpha value is -2.46. The van der Waals surface area contributed by atoms with Crippen molar-refractivity contribution in [3.63, 3.8) is 0 Å². The van der Waals surface area contributed by atoms with E-state index in [2.05, 4.69) is 72.8 Å². The fourth-order valence-electron chi connectivity index (χ4n) is 10.3. The van der Waals surface area contributed by atoms with Crippen LogP contribution < -0.4 is 0 Å². The van der Waals surface area contributed by atoms with E-state index in [-0.39, 0.29) is 25.7 Å². The van der Waals surface area contributed by atoms with Crippen LogP contribution in [0.4, 0.5) is 0 Å². The Labute approximate surface area is 554 Å². The molecule has 536 valence electrons. The molecule has 0 saturated carbocycles.